The van der Waals surface area contributed by atoms with E-state index in [1.165, 1.54) is 5.56 Å². The Morgan fingerprint density at radius 2 is 2.13 bits per heavy atom. The molecule has 1 aromatic rings. The van der Waals surface area contributed by atoms with Crippen molar-refractivity contribution in [1.82, 2.24) is 0 Å². The van der Waals surface area contributed by atoms with E-state index in [9.17, 15) is 4.39 Å². The first-order chi connectivity index (χ1) is 7.09. The number of fused-ring (bicyclic) bond motifs is 1. The number of hydrogen-bond acceptors (Lipinski definition) is 1. The van der Waals surface area contributed by atoms with Crippen LogP contribution in [-0.2, 0) is 6.42 Å². The fourth-order valence-electron chi connectivity index (χ4n) is 2.52. The molecule has 1 atom stereocenters. The molecule has 0 aromatic heterocycles. The van der Waals surface area contributed by atoms with Crippen molar-refractivity contribution in [3.8, 4) is 0 Å². The molecule has 82 valence electrons. The van der Waals surface area contributed by atoms with Gasteiger partial charge in [0, 0.05) is 17.8 Å². The Morgan fingerprint density at radius 1 is 1.40 bits per heavy atom. The van der Waals surface area contributed by atoms with E-state index in [0.717, 1.165) is 18.5 Å². The van der Waals surface area contributed by atoms with Crippen LogP contribution in [0.1, 0.15) is 32.8 Å². The van der Waals surface area contributed by atoms with Gasteiger partial charge in [0.15, 0.2) is 0 Å². The van der Waals surface area contributed by atoms with Crippen molar-refractivity contribution in [2.45, 2.75) is 45.7 Å². The number of hydrogen-bond donors (Lipinski definition) is 0. The smallest absolute Gasteiger partial charge is 0.125 e. The molecule has 0 radical (unpaired) electrons. The Kier molecular flexibility index (Phi) is 2.68. The van der Waals surface area contributed by atoms with Gasteiger partial charge in [0.25, 0.3) is 0 Å². The van der Waals surface area contributed by atoms with Crippen LogP contribution in [0, 0.1) is 5.82 Å². The van der Waals surface area contributed by atoms with Crippen LogP contribution in [0.4, 0.5) is 10.1 Å². The lowest BCUT2D eigenvalue weighted by molar-refractivity contribution is 0.516. The lowest BCUT2D eigenvalue weighted by Crippen LogP contribution is -2.42. The number of nitrogens with zero attached hydrogens (tertiary/aromatic N) is 1. The van der Waals surface area contributed by atoms with Gasteiger partial charge in [0.2, 0.25) is 0 Å². The average molecular weight is 207 g/mol. The SMILES string of the molecule is CC(C)N1c2cc(F)ccc2CC[C@H]1C. The van der Waals surface area contributed by atoms with Crippen molar-refractivity contribution in [3.05, 3.63) is 29.6 Å². The minimum absolute atomic E-state index is 0.131. The Balaban J connectivity index is 2.46. The third-order valence-corrected chi connectivity index (χ3v) is 3.19. The van der Waals surface area contributed by atoms with Gasteiger partial charge in [-0.25, -0.2) is 4.39 Å². The highest BCUT2D eigenvalue weighted by molar-refractivity contribution is 5.57. The number of anilines is 1. The highest BCUT2D eigenvalue weighted by Gasteiger charge is 2.25. The quantitative estimate of drug-likeness (QED) is 0.682. The second-order valence-corrected chi connectivity index (χ2v) is 4.66. The second-order valence-electron chi connectivity index (χ2n) is 4.66. The van der Waals surface area contributed by atoms with Crippen LogP contribution >= 0.6 is 0 Å². The Morgan fingerprint density at radius 3 is 2.80 bits per heavy atom. The molecule has 0 spiro atoms. The Hall–Kier alpha value is -1.05. The summed E-state index contributed by atoms with van der Waals surface area (Å²) in [5.74, 6) is -0.131. The van der Waals surface area contributed by atoms with Crippen LogP contribution < -0.4 is 4.90 Å². The standard InChI is InChI=1S/C13H18FN/c1-9(2)15-10(3)4-5-11-6-7-12(14)8-13(11)15/h6-10H,4-5H2,1-3H3/t10-/m1/s1. The molecule has 0 amide bonds. The highest BCUT2D eigenvalue weighted by Crippen LogP contribution is 2.32. The zero-order valence-corrected chi connectivity index (χ0v) is 9.63. The maximum atomic E-state index is 13.2. The van der Waals surface area contributed by atoms with Gasteiger partial charge < -0.3 is 4.90 Å². The van der Waals surface area contributed by atoms with E-state index in [2.05, 4.69) is 25.7 Å². The molecule has 2 heteroatoms. The average Bonchev–Trinajstić information content (AvgIpc) is 2.16. The Bertz CT molecular complexity index is 360. The molecule has 0 aliphatic carbocycles. The van der Waals surface area contributed by atoms with Gasteiger partial charge in [-0.1, -0.05) is 6.07 Å². The molecule has 0 saturated carbocycles. The molecule has 0 fully saturated rings. The van der Waals surface area contributed by atoms with Crippen molar-refractivity contribution >= 4 is 5.69 Å². The predicted octanol–water partition coefficient (Wildman–Crippen LogP) is 3.38. The van der Waals surface area contributed by atoms with Gasteiger partial charge in [-0.2, -0.15) is 0 Å². The lowest BCUT2D eigenvalue weighted by Gasteiger charge is -2.40. The molecular weight excluding hydrogens is 189 g/mol. The first-order valence-corrected chi connectivity index (χ1v) is 5.66. The molecule has 1 nitrogen and oxygen atoms in total. The van der Waals surface area contributed by atoms with Gasteiger partial charge in [0.1, 0.15) is 5.82 Å². The molecule has 1 heterocycles. The van der Waals surface area contributed by atoms with E-state index in [-0.39, 0.29) is 5.82 Å². The number of aryl methyl sites for hydroxylation is 1. The Labute approximate surface area is 90.9 Å². The van der Waals surface area contributed by atoms with E-state index in [0.29, 0.717) is 12.1 Å². The lowest BCUT2D eigenvalue weighted by atomic mass is 9.95. The fraction of sp³-hybridized carbons (Fsp3) is 0.538. The van der Waals surface area contributed by atoms with Crippen molar-refractivity contribution in [2.75, 3.05) is 4.90 Å². The van der Waals surface area contributed by atoms with Crippen molar-refractivity contribution in [3.63, 3.8) is 0 Å². The summed E-state index contributed by atoms with van der Waals surface area (Å²) in [4.78, 5) is 2.32. The van der Waals surface area contributed by atoms with Crippen molar-refractivity contribution in [2.24, 2.45) is 0 Å². The molecule has 15 heavy (non-hydrogen) atoms. The van der Waals surface area contributed by atoms with Gasteiger partial charge in [-0.15, -0.1) is 0 Å². The van der Waals surface area contributed by atoms with Crippen molar-refractivity contribution < 1.29 is 4.39 Å². The van der Waals surface area contributed by atoms with E-state index < -0.39 is 0 Å². The van der Waals surface area contributed by atoms with Crippen LogP contribution in [0.2, 0.25) is 0 Å². The third kappa shape index (κ3) is 1.85. The molecule has 2 rings (SSSR count). The fourth-order valence-corrected chi connectivity index (χ4v) is 2.52. The normalized spacial score (nSPS) is 20.6. The maximum absolute atomic E-state index is 13.2. The molecule has 1 aromatic carbocycles. The summed E-state index contributed by atoms with van der Waals surface area (Å²) >= 11 is 0. The van der Waals surface area contributed by atoms with Gasteiger partial charge in [-0.05, 0) is 51.3 Å². The van der Waals surface area contributed by atoms with Crippen LogP contribution in [0.25, 0.3) is 0 Å². The second kappa shape index (κ2) is 3.84. The highest BCUT2D eigenvalue weighted by atomic mass is 19.1. The summed E-state index contributed by atoms with van der Waals surface area (Å²) in [7, 11) is 0. The summed E-state index contributed by atoms with van der Waals surface area (Å²) in [6, 6.07) is 6.10. The summed E-state index contributed by atoms with van der Waals surface area (Å²) in [5.41, 5.74) is 2.37. The monoisotopic (exact) mass is 207 g/mol. The first kappa shape index (κ1) is 10.5. The van der Waals surface area contributed by atoms with Crippen LogP contribution in [0.5, 0.6) is 0 Å². The zero-order chi connectivity index (χ0) is 11.0. The van der Waals surface area contributed by atoms with E-state index in [4.69, 9.17) is 0 Å². The molecule has 1 aliphatic heterocycles. The van der Waals surface area contributed by atoms with E-state index in [1.54, 1.807) is 12.1 Å². The molecule has 0 unspecified atom stereocenters. The minimum Gasteiger partial charge on any atom is -0.366 e. The number of halogens is 1. The van der Waals surface area contributed by atoms with Gasteiger partial charge in [-0.3, -0.25) is 0 Å². The summed E-state index contributed by atoms with van der Waals surface area (Å²) in [5, 5.41) is 0. The van der Waals surface area contributed by atoms with Crippen molar-refractivity contribution in [1.29, 1.82) is 0 Å². The zero-order valence-electron chi connectivity index (χ0n) is 9.63. The van der Waals surface area contributed by atoms with Gasteiger partial charge in [0.05, 0.1) is 0 Å². The molecule has 0 N–H and O–H groups in total. The summed E-state index contributed by atoms with van der Waals surface area (Å²) in [6.07, 6.45) is 2.23. The molecular formula is C13H18FN. The van der Waals surface area contributed by atoms with Gasteiger partial charge >= 0.3 is 0 Å². The minimum atomic E-state index is -0.131. The topological polar surface area (TPSA) is 3.24 Å². The third-order valence-electron chi connectivity index (χ3n) is 3.19. The number of rotatable bonds is 1. The predicted molar refractivity (Wildman–Crippen MR) is 61.8 cm³/mol. The summed E-state index contributed by atoms with van der Waals surface area (Å²) in [6.45, 7) is 6.54. The van der Waals surface area contributed by atoms with E-state index in [1.807, 2.05) is 6.07 Å². The van der Waals surface area contributed by atoms with Crippen LogP contribution in [0.3, 0.4) is 0 Å². The van der Waals surface area contributed by atoms with E-state index >= 15 is 0 Å². The summed E-state index contributed by atoms with van der Waals surface area (Å²) < 4.78 is 13.2. The maximum Gasteiger partial charge on any atom is 0.125 e. The molecule has 0 saturated heterocycles. The molecule has 1 aliphatic rings. The van der Waals surface area contributed by atoms with Crippen LogP contribution in [0.15, 0.2) is 18.2 Å². The first-order valence-electron chi connectivity index (χ1n) is 5.66. The van der Waals surface area contributed by atoms with Crippen LogP contribution in [-0.4, -0.2) is 12.1 Å². The largest absolute Gasteiger partial charge is 0.366 e. The number of benzene rings is 1. The molecule has 0 bridgehead atoms.